The summed E-state index contributed by atoms with van der Waals surface area (Å²) in [6.07, 6.45) is -8.15. The Morgan fingerprint density at radius 3 is 2.09 bits per heavy atom. The molecule has 4 N–H and O–H groups in total. The van der Waals surface area contributed by atoms with E-state index in [0.29, 0.717) is 104 Å². The molecule has 3 fully saturated rings. The molecule has 13 aromatic rings. The summed E-state index contributed by atoms with van der Waals surface area (Å²) in [5.41, 5.74) is 13.7. The van der Waals surface area contributed by atoms with Gasteiger partial charge in [0.15, 0.2) is 47.7 Å². The van der Waals surface area contributed by atoms with Gasteiger partial charge >= 0.3 is 32.4 Å². The SMILES string of the molecule is CCOCc1nc2c(NC(=O)OCc3ccc(OC(=O)CCCCC(=O)N4Cc5ccccc5-c5c(nnn5CCOc5ccc(C(=O)Oc6ccc(CS[P@]7(=O)OC[C@H]8O[C@@H](n9cnc%10c(N)ncnc%109)[C@H](F)[C@@H]8O[P@](C)(=O)OC[C@H]8O[C@@H](n9cnc%10c(C)ncnc%109)[C@H](F)[C@@H]8O7)cc6)cc5)-c5ccccc54)cc3)nc3ccccc3c2n1CC(C)(C)O. The third kappa shape index (κ3) is 18.1. The van der Waals surface area contributed by atoms with E-state index in [1.165, 1.54) is 46.6 Å². The van der Waals surface area contributed by atoms with Gasteiger partial charge in [-0.2, -0.15) is 0 Å². The lowest BCUT2D eigenvalue weighted by molar-refractivity contribution is -0.134. The second-order valence-electron chi connectivity index (χ2n) is 30.4. The van der Waals surface area contributed by atoms with Crippen LogP contribution in [-0.2, 0) is 94.4 Å². The van der Waals surface area contributed by atoms with Crippen molar-refractivity contribution in [1.29, 1.82) is 0 Å². The second-order valence-corrected chi connectivity index (χ2v) is 36.5. The van der Waals surface area contributed by atoms with Crippen LogP contribution in [0.1, 0.15) is 97.5 Å². The van der Waals surface area contributed by atoms with Crippen molar-refractivity contribution >= 4 is 111 Å². The van der Waals surface area contributed by atoms with Crippen LogP contribution < -0.4 is 30.2 Å². The molecule has 4 aliphatic heterocycles. The number of hydrogen-bond donors (Lipinski definition) is 3. The van der Waals surface area contributed by atoms with Crippen molar-refractivity contribution in [2.45, 2.75) is 147 Å². The number of imidazole rings is 3. The highest BCUT2D eigenvalue weighted by atomic mass is 32.7. The maximum Gasteiger partial charge on any atom is 0.413 e. The Hall–Kier alpha value is -11.9. The third-order valence-corrected chi connectivity index (χ3v) is 26.0. The Kier molecular flexibility index (Phi) is 24.3. The van der Waals surface area contributed by atoms with Gasteiger partial charge in [0.05, 0.1) is 84.8 Å². The molecule has 124 heavy (non-hydrogen) atoms. The Morgan fingerprint density at radius 1 is 0.702 bits per heavy atom. The van der Waals surface area contributed by atoms with Crippen molar-refractivity contribution in [2.75, 3.05) is 49.0 Å². The molecule has 35 nitrogen and oxygen atoms in total. The number of para-hydroxylation sites is 2. The Labute approximate surface area is 710 Å². The number of amides is 2. The van der Waals surface area contributed by atoms with E-state index < -0.39 is 100 Å². The third-order valence-electron chi connectivity index (χ3n) is 21.1. The number of nitrogens with zero attached hydrogens (tertiary/aromatic N) is 15. The molecule has 0 aliphatic carbocycles. The lowest BCUT2D eigenvalue weighted by atomic mass is 9.95. The summed E-state index contributed by atoms with van der Waals surface area (Å²) in [7, 11) is -4.25. The number of alkyl halides is 2. The molecule has 10 atom stereocenters. The van der Waals surface area contributed by atoms with Gasteiger partial charge in [-0.15, -0.1) is 5.10 Å². The van der Waals surface area contributed by atoms with E-state index in [4.69, 9.17) is 72.1 Å². The first kappa shape index (κ1) is 84.3. The number of carbonyl (C=O) groups excluding carboxylic acids is 4. The summed E-state index contributed by atoms with van der Waals surface area (Å²) in [6, 6.07) is 42.0. The number of ether oxygens (including phenoxy) is 7. The molecule has 0 radical (unpaired) electrons. The molecule has 642 valence electrons. The molecule has 11 heterocycles. The van der Waals surface area contributed by atoms with Crippen LogP contribution in [0.15, 0.2) is 171 Å². The maximum absolute atomic E-state index is 17.2. The van der Waals surface area contributed by atoms with Crippen molar-refractivity contribution in [3.05, 3.63) is 205 Å². The van der Waals surface area contributed by atoms with Gasteiger partial charge in [-0.3, -0.25) is 42.2 Å². The fraction of sp³-hybridized carbons (Fsp3) is 0.333. The number of nitrogens with two attached hydrogens (primary N) is 1. The number of fused-ring (bicyclic) bond motifs is 12. The monoisotopic (exact) mass is 1750 g/mol. The van der Waals surface area contributed by atoms with Crippen LogP contribution in [0.3, 0.4) is 0 Å². The molecule has 3 saturated heterocycles. The summed E-state index contributed by atoms with van der Waals surface area (Å²) < 4.78 is 135. The number of halogens is 2. The predicted octanol–water partition coefficient (Wildman–Crippen LogP) is 13.9. The van der Waals surface area contributed by atoms with E-state index in [0.717, 1.165) is 28.9 Å². The number of unbranched alkanes of at least 4 members (excludes halogenated alkanes) is 1. The van der Waals surface area contributed by atoms with Crippen LogP contribution in [0.4, 0.5) is 30.9 Å². The molecular formula is C84H83F2N17O18P2S. The number of pyridine rings is 1. The molecule has 0 bridgehead atoms. The van der Waals surface area contributed by atoms with E-state index in [1.54, 1.807) is 91.0 Å². The average Bonchev–Trinajstić information content (AvgIpc) is 1.59. The fourth-order valence-corrected chi connectivity index (χ4v) is 19.7. The van der Waals surface area contributed by atoms with Crippen LogP contribution in [0.2, 0.25) is 0 Å². The Morgan fingerprint density at radius 2 is 1.35 bits per heavy atom. The fourth-order valence-electron chi connectivity index (χ4n) is 15.2. The van der Waals surface area contributed by atoms with Crippen LogP contribution in [-0.4, -0.2) is 173 Å². The van der Waals surface area contributed by atoms with Crippen LogP contribution in [0.5, 0.6) is 17.2 Å². The quantitative estimate of drug-likeness (QED) is 0.0207. The van der Waals surface area contributed by atoms with Crippen LogP contribution in [0.25, 0.3) is 66.8 Å². The smallest absolute Gasteiger partial charge is 0.413 e. The van der Waals surface area contributed by atoms with Gasteiger partial charge in [-0.25, -0.2) is 67.5 Å². The van der Waals surface area contributed by atoms with Gasteiger partial charge in [0.2, 0.25) is 5.91 Å². The van der Waals surface area contributed by atoms with Crippen molar-refractivity contribution in [1.82, 2.24) is 68.6 Å². The summed E-state index contributed by atoms with van der Waals surface area (Å²) >= 11 is 0.683. The molecule has 17 rings (SSSR count). The van der Waals surface area contributed by atoms with Gasteiger partial charge in [-0.1, -0.05) is 90.1 Å². The van der Waals surface area contributed by atoms with Crippen molar-refractivity contribution in [2.24, 2.45) is 0 Å². The number of aromatic nitrogens is 14. The maximum atomic E-state index is 17.2. The van der Waals surface area contributed by atoms with Crippen molar-refractivity contribution in [3.63, 3.8) is 0 Å². The molecule has 0 unspecified atom stereocenters. The van der Waals surface area contributed by atoms with Gasteiger partial charge in [-0.05, 0) is 129 Å². The van der Waals surface area contributed by atoms with Crippen LogP contribution in [0, 0.1) is 6.92 Å². The van der Waals surface area contributed by atoms with Crippen LogP contribution >= 0.6 is 25.8 Å². The number of hydrogen-bond acceptors (Lipinski definition) is 30. The summed E-state index contributed by atoms with van der Waals surface area (Å²) in [4.78, 5) is 91.1. The zero-order valence-corrected chi connectivity index (χ0v) is 70.0. The molecule has 7 aromatic heterocycles. The Balaban J connectivity index is 0.492. The molecule has 0 spiro atoms. The lowest BCUT2D eigenvalue weighted by Gasteiger charge is -2.29. The number of benzene rings is 6. The summed E-state index contributed by atoms with van der Waals surface area (Å²) in [5, 5.41) is 23.7. The van der Waals surface area contributed by atoms with E-state index in [9.17, 15) is 28.8 Å². The van der Waals surface area contributed by atoms with E-state index >= 15 is 13.3 Å². The van der Waals surface area contributed by atoms with Gasteiger partial charge in [0, 0.05) is 48.4 Å². The topological polar surface area (TPSA) is 414 Å². The van der Waals surface area contributed by atoms with E-state index in [2.05, 4.69) is 40.4 Å². The average molecular weight is 1750 g/mol. The molecule has 2 amide bonds. The second kappa shape index (κ2) is 35.7. The van der Waals surface area contributed by atoms with Crippen molar-refractivity contribution < 1.29 is 93.4 Å². The van der Waals surface area contributed by atoms with Crippen molar-refractivity contribution in [3.8, 4) is 39.8 Å². The van der Waals surface area contributed by atoms with Gasteiger partial charge in [0.1, 0.15) is 102 Å². The number of anilines is 3. The highest BCUT2D eigenvalue weighted by Crippen LogP contribution is 2.65. The molecule has 40 heteroatoms. The molecular weight excluding hydrogens is 1670 g/mol. The predicted molar refractivity (Wildman–Crippen MR) is 448 cm³/mol. The lowest BCUT2D eigenvalue weighted by Crippen LogP contribution is -2.37. The summed E-state index contributed by atoms with van der Waals surface area (Å²) in [5.74, 6) is 0.285. The van der Waals surface area contributed by atoms with Gasteiger partial charge < -0.3 is 58.0 Å². The number of nitrogens with one attached hydrogen (secondary N) is 1. The normalized spacial score (nSPS) is 21.5. The van der Waals surface area contributed by atoms with E-state index in [-0.39, 0.29) is 104 Å². The number of carbonyl (C=O) groups is 4. The highest BCUT2D eigenvalue weighted by molar-refractivity contribution is 8.54. The highest BCUT2D eigenvalue weighted by Gasteiger charge is 2.55. The zero-order valence-electron chi connectivity index (χ0n) is 67.4. The first-order chi connectivity index (χ1) is 59.9. The summed E-state index contributed by atoms with van der Waals surface area (Å²) in [6.45, 7) is 3.54. The minimum absolute atomic E-state index is 0.0223. The number of nitrogen functional groups attached to an aromatic ring is 1. The minimum Gasteiger partial charge on any atom is -0.492 e. The van der Waals surface area contributed by atoms with Gasteiger partial charge in [0.25, 0.3) is 0 Å². The van der Waals surface area contributed by atoms with E-state index in [1.807, 2.05) is 84.3 Å². The number of esters is 2. The Bertz CT molecular complexity index is 6280. The standard InChI is InChI=1S/C84H83F2N17O18P2S/c1-6-111-41-63-95-70-72(100(63)43-84(3,4)108)57-17-9-11-19-59(57)94-77(70)96-83(107)113-38-49-23-29-54(30-24-49)116-65(105)22-14-13-21-64(104)99-37-52-15-7-8-16-56(52)73-69(58-18-10-12-20-60(58)99)97-98-103(73)35-36-112-53-33-27-51(28-34-53)82(106)117-55-31-25-50(26-32-55)42-124-123(110)115-40-62-74(66(85)80(119-62)102-47-93-71-76(87)89-45-91-79(71)102)120-122(5,109)114-39-61-75(121-123)67(86)81(118-61)101-46-92-68-48(2)88-44-90-78(68)101/h7-12,15-20,23-34,44-47,61-62,66-67,74-75,80-81,108H,6,13-14,21-22,35-43H2,1-5H3,(H2,87,89,91)(H,94,96,107)/t61-,62-,66-,67-,74-,75-,80-,81-,122-,123-/m1/s1. The number of rotatable bonds is 25. The molecule has 6 aromatic carbocycles. The molecule has 0 saturated carbocycles. The zero-order chi connectivity index (χ0) is 86.1. The first-order valence-electron chi connectivity index (χ1n) is 39.8. The largest absolute Gasteiger partial charge is 0.492 e. The first-order valence-corrected chi connectivity index (χ1v) is 44.9. The minimum atomic E-state index is -4.61. The number of aryl methyl sites for hydroxylation is 1. The number of aliphatic hydroxyl groups is 1. The molecule has 4 aliphatic rings.